The van der Waals surface area contributed by atoms with Crippen molar-refractivity contribution in [2.24, 2.45) is 11.5 Å². The lowest BCUT2D eigenvalue weighted by molar-refractivity contribution is 0.276. The van der Waals surface area contributed by atoms with Crippen LogP contribution in [-0.4, -0.2) is 101 Å². The molecule has 34 heavy (non-hydrogen) atoms. The van der Waals surface area contributed by atoms with Gasteiger partial charge in [-0.2, -0.15) is 0 Å². The summed E-state index contributed by atoms with van der Waals surface area (Å²) in [6.45, 7) is 0.596. The van der Waals surface area contributed by atoms with Gasteiger partial charge in [0.05, 0.1) is 0 Å². The molecule has 0 heterocycles. The van der Waals surface area contributed by atoms with Gasteiger partial charge in [-0.3, -0.25) is 27.4 Å². The number of nitrogens with two attached hydrogens (primary N) is 2. The molecule has 21 nitrogen and oxygen atoms in total. The predicted octanol–water partition coefficient (Wildman–Crippen LogP) is -3.45. The molecule has 0 spiro atoms. The molecule has 0 rings (SSSR count). The van der Waals surface area contributed by atoms with Crippen molar-refractivity contribution in [1.82, 2.24) is 0 Å². The molecule has 0 saturated carbocycles. The fourth-order valence-electron chi connectivity index (χ4n) is 1.00. The zero-order valence-corrected chi connectivity index (χ0v) is 22.3. The van der Waals surface area contributed by atoms with Gasteiger partial charge in [-0.15, -0.1) is 0 Å². The molecule has 0 aliphatic heterocycles. The molecule has 0 saturated heterocycles. The summed E-state index contributed by atoms with van der Waals surface area (Å²) in [7, 11) is -27.3. The Morgan fingerprint density at radius 2 is 0.676 bits per heavy atom. The first-order valence-corrected chi connectivity index (χ1v) is 18.6. The van der Waals surface area contributed by atoms with E-state index in [1.165, 1.54) is 0 Å². The summed E-state index contributed by atoms with van der Waals surface area (Å²) in [6.07, 6.45) is 0.608. The average molecular weight is 632 g/mol. The van der Waals surface area contributed by atoms with E-state index in [-0.39, 0.29) is 12.6 Å². The first-order chi connectivity index (χ1) is 14.4. The normalized spacial score (nSPS) is 13.9. The zero-order valence-electron chi connectivity index (χ0n) is 16.9. The lowest BCUT2D eigenvalue weighted by atomic mass is 10.2. The molecular formula is C7H30N2O19P6. The van der Waals surface area contributed by atoms with Crippen LogP contribution in [0.15, 0.2) is 0 Å². The highest BCUT2D eigenvalue weighted by molar-refractivity contribution is 7.70. The standard InChI is InChI=1S/C4H12N2O.3CH6O6P2/c5-3-4(6)1-2-7;3*2-8(3,4)1-9(5,6)7/h4,7H,1-3,5-6H2;3*1H2,(H2,2,3,4)(H2,5,6,7). The van der Waals surface area contributed by atoms with Crippen LogP contribution in [0.5, 0.6) is 0 Å². The quantitative estimate of drug-likeness (QED) is 0.110. The fourth-order valence-corrected chi connectivity index (χ4v) is 6.76. The highest BCUT2D eigenvalue weighted by Gasteiger charge is 2.28. The first-order valence-electron chi connectivity index (χ1n) is 7.77. The molecule has 0 aromatic heterocycles. The van der Waals surface area contributed by atoms with Gasteiger partial charge in [-0.05, 0) is 6.42 Å². The summed E-state index contributed by atoms with van der Waals surface area (Å²) in [5.41, 5.74) is 10.4. The second-order valence-electron chi connectivity index (χ2n) is 5.92. The van der Waals surface area contributed by atoms with Crippen molar-refractivity contribution < 1.29 is 91.2 Å². The van der Waals surface area contributed by atoms with Gasteiger partial charge in [0.15, 0.2) is 17.7 Å². The minimum absolute atomic E-state index is 0.0231. The van der Waals surface area contributed by atoms with Gasteiger partial charge in [-0.1, -0.05) is 0 Å². The van der Waals surface area contributed by atoms with Crippen LogP contribution in [0.3, 0.4) is 0 Å². The highest BCUT2D eigenvalue weighted by atomic mass is 31.2. The van der Waals surface area contributed by atoms with Crippen LogP contribution >= 0.6 is 45.6 Å². The van der Waals surface area contributed by atoms with E-state index in [1.807, 2.05) is 0 Å². The summed E-state index contributed by atoms with van der Waals surface area (Å²) in [4.78, 5) is 95.7. The third-order valence-corrected chi connectivity index (χ3v) is 10.8. The molecule has 0 aliphatic rings. The Hall–Kier alpha value is 0.780. The molecule has 212 valence electrons. The van der Waals surface area contributed by atoms with Crippen LogP contribution in [-0.2, 0) is 27.4 Å². The minimum Gasteiger partial charge on any atom is -0.396 e. The fraction of sp³-hybridized carbons (Fsp3) is 1.00. The second-order valence-corrected chi connectivity index (χ2v) is 17.3. The van der Waals surface area contributed by atoms with E-state index in [4.69, 9.17) is 75.3 Å². The zero-order chi connectivity index (χ0) is 28.8. The van der Waals surface area contributed by atoms with Gasteiger partial charge in [-0.25, -0.2) is 0 Å². The Kier molecular flexibility index (Phi) is 21.3. The summed E-state index contributed by atoms with van der Waals surface area (Å²) in [5, 5.41) is 8.23. The Bertz CT molecular complexity index is 666. The molecular weight excluding hydrogens is 602 g/mol. The second kappa shape index (κ2) is 17.3. The van der Waals surface area contributed by atoms with E-state index in [0.29, 0.717) is 13.0 Å². The number of aliphatic hydroxyl groups is 1. The van der Waals surface area contributed by atoms with Gasteiger partial charge >= 0.3 is 45.6 Å². The van der Waals surface area contributed by atoms with E-state index in [0.717, 1.165) is 0 Å². The summed E-state index contributed by atoms with van der Waals surface area (Å²) >= 11 is 0. The molecule has 1 unspecified atom stereocenters. The molecule has 0 aromatic carbocycles. The number of hydrogen-bond acceptors (Lipinski definition) is 9. The van der Waals surface area contributed by atoms with Crippen molar-refractivity contribution >= 4 is 45.6 Å². The van der Waals surface area contributed by atoms with Crippen molar-refractivity contribution in [3.63, 3.8) is 0 Å². The Balaban J connectivity index is -0.000000177. The van der Waals surface area contributed by atoms with E-state index < -0.39 is 63.3 Å². The summed E-state index contributed by atoms with van der Waals surface area (Å²) in [5.74, 6) is -4.12. The van der Waals surface area contributed by atoms with Gasteiger partial charge < -0.3 is 75.3 Å². The van der Waals surface area contributed by atoms with Gasteiger partial charge in [0.1, 0.15) is 0 Å². The number of rotatable bonds is 9. The predicted molar refractivity (Wildman–Crippen MR) is 116 cm³/mol. The van der Waals surface area contributed by atoms with Gasteiger partial charge in [0.25, 0.3) is 0 Å². The van der Waals surface area contributed by atoms with Crippen LogP contribution in [0.25, 0.3) is 0 Å². The Morgan fingerprint density at radius 1 is 0.500 bits per heavy atom. The molecule has 0 aliphatic carbocycles. The van der Waals surface area contributed by atoms with Crippen LogP contribution < -0.4 is 11.5 Å². The smallest absolute Gasteiger partial charge is 0.337 e. The summed E-state index contributed by atoms with van der Waals surface area (Å²) in [6, 6.07) is -0.0231. The summed E-state index contributed by atoms with van der Waals surface area (Å²) < 4.78 is 59.1. The molecule has 0 radical (unpaired) electrons. The molecule has 0 amide bonds. The molecule has 27 heteroatoms. The van der Waals surface area contributed by atoms with Crippen molar-refractivity contribution in [3.8, 4) is 0 Å². The molecule has 0 aromatic rings. The van der Waals surface area contributed by atoms with Crippen LogP contribution in [0.4, 0.5) is 0 Å². The Morgan fingerprint density at radius 3 is 0.706 bits per heavy atom. The Labute approximate surface area is 192 Å². The van der Waals surface area contributed by atoms with E-state index in [2.05, 4.69) is 0 Å². The topological polar surface area (TPSA) is 417 Å². The SMILES string of the molecule is NCC(N)CCO.O=P(O)(O)CP(=O)(O)O.O=P(O)(O)CP(=O)(O)O.O=P(O)(O)CP(=O)(O)O. The third-order valence-electron chi connectivity index (χ3n) is 1.91. The average Bonchev–Trinajstić information content (AvgIpc) is 2.37. The van der Waals surface area contributed by atoms with E-state index in [1.54, 1.807) is 0 Å². The molecule has 17 N–H and O–H groups in total. The molecule has 0 fully saturated rings. The number of aliphatic hydroxyl groups excluding tert-OH is 1. The number of hydrogen-bond donors (Lipinski definition) is 15. The van der Waals surface area contributed by atoms with Crippen molar-refractivity contribution in [2.45, 2.75) is 12.5 Å². The maximum atomic E-state index is 9.85. The van der Waals surface area contributed by atoms with Gasteiger partial charge in [0.2, 0.25) is 0 Å². The van der Waals surface area contributed by atoms with Crippen LogP contribution in [0.1, 0.15) is 6.42 Å². The van der Waals surface area contributed by atoms with Crippen molar-refractivity contribution in [2.75, 3.05) is 30.9 Å². The third kappa shape index (κ3) is 58.5. The largest absolute Gasteiger partial charge is 0.396 e. The maximum absolute atomic E-state index is 9.85. The lowest BCUT2D eigenvalue weighted by Crippen LogP contribution is -2.30. The monoisotopic (exact) mass is 632 g/mol. The molecule has 1 atom stereocenters. The van der Waals surface area contributed by atoms with Crippen LogP contribution in [0.2, 0.25) is 0 Å². The van der Waals surface area contributed by atoms with E-state index >= 15 is 0 Å². The van der Waals surface area contributed by atoms with Crippen LogP contribution in [0, 0.1) is 0 Å². The van der Waals surface area contributed by atoms with E-state index in [9.17, 15) is 27.4 Å². The van der Waals surface area contributed by atoms with Crippen molar-refractivity contribution in [1.29, 1.82) is 0 Å². The molecule has 0 bridgehead atoms. The highest BCUT2D eigenvalue weighted by Crippen LogP contribution is 2.52. The van der Waals surface area contributed by atoms with Crippen molar-refractivity contribution in [3.05, 3.63) is 0 Å². The lowest BCUT2D eigenvalue weighted by Gasteiger charge is -2.03. The maximum Gasteiger partial charge on any atom is 0.337 e. The first kappa shape index (κ1) is 41.9. The minimum atomic E-state index is -4.55. The van der Waals surface area contributed by atoms with Gasteiger partial charge in [0, 0.05) is 19.2 Å².